The smallest absolute Gasteiger partial charge is 0.337 e. The maximum absolute atomic E-state index is 13.8. The minimum absolute atomic E-state index is 0.0519. The van der Waals surface area contributed by atoms with Crippen molar-refractivity contribution in [2.45, 2.75) is 0 Å². The molecule has 0 aliphatic rings. The number of hydrogen-bond donors (Lipinski definition) is 1. The van der Waals surface area contributed by atoms with Crippen LogP contribution in [0.1, 0.15) is 20.7 Å². The van der Waals surface area contributed by atoms with Crippen LogP contribution in [0.4, 0.5) is 8.78 Å². The second-order valence-corrected chi connectivity index (χ2v) is 4.22. The highest BCUT2D eigenvalue weighted by Gasteiger charge is 2.14. The fourth-order valence-electron chi connectivity index (χ4n) is 1.86. The Labute approximate surface area is 118 Å². The lowest BCUT2D eigenvalue weighted by Gasteiger charge is -2.07. The fraction of sp³-hybridized carbons (Fsp3) is 0.0667. The van der Waals surface area contributed by atoms with Gasteiger partial charge in [0.2, 0.25) is 0 Å². The molecule has 0 amide bonds. The van der Waals surface area contributed by atoms with E-state index in [0.717, 1.165) is 37.4 Å². The molecule has 0 saturated carbocycles. The zero-order valence-electron chi connectivity index (χ0n) is 10.9. The quantitative estimate of drug-likeness (QED) is 0.883. The number of carboxylic acids is 1. The summed E-state index contributed by atoms with van der Waals surface area (Å²) >= 11 is 0. The Hall–Kier alpha value is -2.76. The minimum atomic E-state index is -1.24. The predicted molar refractivity (Wildman–Crippen MR) is 70.1 cm³/mol. The van der Waals surface area contributed by atoms with Gasteiger partial charge in [0.1, 0.15) is 11.6 Å². The Morgan fingerprint density at radius 2 is 1.76 bits per heavy atom. The molecule has 0 atom stereocenters. The number of ether oxygens (including phenoxy) is 1. The molecule has 2 rings (SSSR count). The number of carbonyl (C=O) groups excluding carboxylic acids is 1. The minimum Gasteiger partial charge on any atom is -0.478 e. The Bertz CT molecular complexity index is 726. The van der Waals surface area contributed by atoms with Gasteiger partial charge in [-0.05, 0) is 42.0 Å². The van der Waals surface area contributed by atoms with Crippen LogP contribution in [0, 0.1) is 11.6 Å². The molecule has 2 aromatic carbocycles. The molecule has 1 N–H and O–H groups in total. The van der Waals surface area contributed by atoms with Crippen molar-refractivity contribution in [3.05, 3.63) is 59.2 Å². The molecular formula is C15H10F2O4. The summed E-state index contributed by atoms with van der Waals surface area (Å²) in [6.45, 7) is 0. The highest BCUT2D eigenvalue weighted by atomic mass is 19.1. The molecule has 108 valence electrons. The van der Waals surface area contributed by atoms with Gasteiger partial charge in [-0.15, -0.1) is 0 Å². The first kappa shape index (κ1) is 14.6. The van der Waals surface area contributed by atoms with Crippen molar-refractivity contribution >= 4 is 11.9 Å². The summed E-state index contributed by atoms with van der Waals surface area (Å²) in [7, 11) is 1.14. The number of aromatic carboxylic acids is 1. The molecule has 6 heteroatoms. The molecular weight excluding hydrogens is 282 g/mol. The Kier molecular flexibility index (Phi) is 3.98. The molecule has 21 heavy (non-hydrogen) atoms. The van der Waals surface area contributed by atoms with Gasteiger partial charge in [-0.25, -0.2) is 18.4 Å². The second kappa shape index (κ2) is 5.70. The molecule has 4 nitrogen and oxygen atoms in total. The van der Waals surface area contributed by atoms with Crippen molar-refractivity contribution in [2.24, 2.45) is 0 Å². The largest absolute Gasteiger partial charge is 0.478 e. The van der Waals surface area contributed by atoms with E-state index in [-0.39, 0.29) is 22.3 Å². The van der Waals surface area contributed by atoms with Crippen molar-refractivity contribution in [2.75, 3.05) is 7.11 Å². The number of rotatable bonds is 3. The summed E-state index contributed by atoms with van der Waals surface area (Å²) in [4.78, 5) is 22.3. The maximum atomic E-state index is 13.8. The molecule has 0 aromatic heterocycles. The van der Waals surface area contributed by atoms with Gasteiger partial charge in [0.25, 0.3) is 0 Å². The summed E-state index contributed by atoms with van der Waals surface area (Å²) in [6.07, 6.45) is 0. The van der Waals surface area contributed by atoms with Gasteiger partial charge in [-0.3, -0.25) is 0 Å². The molecule has 0 saturated heterocycles. The third-order valence-corrected chi connectivity index (χ3v) is 2.84. The summed E-state index contributed by atoms with van der Waals surface area (Å²) in [5.41, 5.74) is -0.293. The van der Waals surface area contributed by atoms with Crippen LogP contribution in [0.3, 0.4) is 0 Å². The molecule has 0 fully saturated rings. The maximum Gasteiger partial charge on any atom is 0.337 e. The molecule has 0 radical (unpaired) electrons. The Morgan fingerprint density at radius 1 is 1.05 bits per heavy atom. The van der Waals surface area contributed by atoms with Crippen molar-refractivity contribution < 1.29 is 28.2 Å². The van der Waals surface area contributed by atoms with Crippen LogP contribution >= 0.6 is 0 Å². The van der Waals surface area contributed by atoms with Crippen LogP contribution < -0.4 is 0 Å². The predicted octanol–water partition coefficient (Wildman–Crippen LogP) is 3.12. The van der Waals surface area contributed by atoms with Crippen LogP contribution in [0.15, 0.2) is 36.4 Å². The van der Waals surface area contributed by atoms with E-state index in [1.54, 1.807) is 0 Å². The van der Waals surface area contributed by atoms with Crippen molar-refractivity contribution in [1.29, 1.82) is 0 Å². The highest BCUT2D eigenvalue weighted by Crippen LogP contribution is 2.26. The highest BCUT2D eigenvalue weighted by molar-refractivity contribution is 5.92. The summed E-state index contributed by atoms with van der Waals surface area (Å²) in [5, 5.41) is 8.91. The van der Waals surface area contributed by atoms with E-state index < -0.39 is 23.6 Å². The fourth-order valence-corrected chi connectivity index (χ4v) is 1.86. The third-order valence-electron chi connectivity index (χ3n) is 2.84. The van der Waals surface area contributed by atoms with E-state index in [0.29, 0.717) is 0 Å². The molecule has 0 unspecified atom stereocenters. The second-order valence-electron chi connectivity index (χ2n) is 4.22. The molecule has 2 aromatic rings. The number of methoxy groups -OCH3 is 1. The third kappa shape index (κ3) is 3.05. The van der Waals surface area contributed by atoms with E-state index in [4.69, 9.17) is 5.11 Å². The van der Waals surface area contributed by atoms with Gasteiger partial charge in [0.05, 0.1) is 18.2 Å². The zero-order valence-corrected chi connectivity index (χ0v) is 10.9. The van der Waals surface area contributed by atoms with Gasteiger partial charge in [0.15, 0.2) is 0 Å². The van der Waals surface area contributed by atoms with Crippen LogP contribution in [0.25, 0.3) is 11.1 Å². The van der Waals surface area contributed by atoms with Crippen LogP contribution in [-0.4, -0.2) is 24.2 Å². The van der Waals surface area contributed by atoms with Crippen LogP contribution in [-0.2, 0) is 4.74 Å². The van der Waals surface area contributed by atoms with Gasteiger partial charge in [0, 0.05) is 5.56 Å². The number of benzene rings is 2. The summed E-state index contributed by atoms with van der Waals surface area (Å²) < 4.78 is 31.9. The van der Waals surface area contributed by atoms with Gasteiger partial charge >= 0.3 is 11.9 Å². The van der Waals surface area contributed by atoms with Crippen molar-refractivity contribution in [3.63, 3.8) is 0 Å². The lowest BCUT2D eigenvalue weighted by molar-refractivity contribution is 0.0599. The first-order valence-corrected chi connectivity index (χ1v) is 5.84. The van der Waals surface area contributed by atoms with Crippen molar-refractivity contribution in [3.8, 4) is 11.1 Å². The number of carbonyl (C=O) groups is 2. The zero-order chi connectivity index (χ0) is 15.6. The topological polar surface area (TPSA) is 63.6 Å². The average molecular weight is 292 g/mol. The average Bonchev–Trinajstić information content (AvgIpc) is 2.45. The lowest BCUT2D eigenvalue weighted by Crippen LogP contribution is -2.03. The summed E-state index contributed by atoms with van der Waals surface area (Å²) in [5.74, 6) is -3.49. The number of carboxylic acid groups (broad SMARTS) is 1. The van der Waals surface area contributed by atoms with E-state index in [2.05, 4.69) is 4.74 Å². The Balaban J connectivity index is 2.61. The summed E-state index contributed by atoms with van der Waals surface area (Å²) in [6, 6.07) is 6.35. The van der Waals surface area contributed by atoms with Crippen LogP contribution in [0.2, 0.25) is 0 Å². The van der Waals surface area contributed by atoms with Gasteiger partial charge in [-0.2, -0.15) is 0 Å². The van der Waals surface area contributed by atoms with Crippen molar-refractivity contribution in [1.82, 2.24) is 0 Å². The van der Waals surface area contributed by atoms with Crippen LogP contribution in [0.5, 0.6) is 0 Å². The molecule has 0 spiro atoms. The number of hydrogen-bond acceptors (Lipinski definition) is 3. The lowest BCUT2D eigenvalue weighted by atomic mass is 10.00. The van der Waals surface area contributed by atoms with Gasteiger partial charge in [-0.1, -0.05) is 0 Å². The standard InChI is InChI=1S/C15H10F2O4/c1-21-15(20)10-4-9(5-11(16)6-10)12-7-8(14(18)19)2-3-13(12)17/h2-7H,1H3,(H,18,19). The molecule has 0 aliphatic carbocycles. The number of esters is 1. The Morgan fingerprint density at radius 3 is 2.38 bits per heavy atom. The van der Waals surface area contributed by atoms with E-state index in [1.165, 1.54) is 6.07 Å². The molecule has 0 bridgehead atoms. The van der Waals surface area contributed by atoms with E-state index in [1.807, 2.05) is 0 Å². The normalized spacial score (nSPS) is 10.2. The van der Waals surface area contributed by atoms with Gasteiger partial charge < -0.3 is 9.84 Å². The number of halogens is 2. The SMILES string of the molecule is COC(=O)c1cc(F)cc(-c2cc(C(=O)O)ccc2F)c1. The molecule has 0 aliphatic heterocycles. The molecule has 0 heterocycles. The monoisotopic (exact) mass is 292 g/mol. The first-order valence-electron chi connectivity index (χ1n) is 5.84. The van der Waals surface area contributed by atoms with E-state index in [9.17, 15) is 18.4 Å². The first-order chi connectivity index (χ1) is 9.92. The van der Waals surface area contributed by atoms with E-state index >= 15 is 0 Å².